The van der Waals surface area contributed by atoms with E-state index in [1.54, 1.807) is 6.20 Å². The number of halogens is 2. The number of alkyl halides is 2. The Morgan fingerprint density at radius 1 is 1.33 bits per heavy atom. The van der Waals surface area contributed by atoms with Crippen molar-refractivity contribution >= 4 is 34.2 Å². The third-order valence-electron chi connectivity index (χ3n) is 2.82. The van der Waals surface area contributed by atoms with Crippen LogP contribution in [0.2, 0.25) is 0 Å². The van der Waals surface area contributed by atoms with E-state index in [4.69, 9.17) is 12.2 Å². The average Bonchev–Trinajstić information content (AvgIpc) is 2.66. The highest BCUT2D eigenvalue weighted by Crippen LogP contribution is 2.23. The lowest BCUT2D eigenvalue weighted by Gasteiger charge is -2.05. The molecule has 92 valence electrons. The average molecular weight is 265 g/mol. The molecule has 0 bridgehead atoms. The van der Waals surface area contributed by atoms with Crippen LogP contribution in [-0.4, -0.2) is 21.0 Å². The molecular weight excluding hydrogens is 256 g/mol. The van der Waals surface area contributed by atoms with Crippen molar-refractivity contribution in [1.82, 2.24) is 14.5 Å². The second-order valence-corrected chi connectivity index (χ2v) is 4.36. The number of nitrogens with zero attached hydrogens (tertiary/aromatic N) is 2. The van der Waals surface area contributed by atoms with Crippen molar-refractivity contribution in [3.63, 3.8) is 0 Å². The molecule has 0 aliphatic rings. The lowest BCUT2D eigenvalue weighted by molar-refractivity contribution is 0.127. The van der Waals surface area contributed by atoms with Gasteiger partial charge in [0.2, 0.25) is 0 Å². The molecule has 0 amide bonds. The van der Waals surface area contributed by atoms with Crippen LogP contribution in [0.1, 0.15) is 0 Å². The quantitative estimate of drug-likeness (QED) is 0.719. The van der Waals surface area contributed by atoms with E-state index in [2.05, 4.69) is 9.97 Å². The minimum Gasteiger partial charge on any atom is -0.329 e. The van der Waals surface area contributed by atoms with Gasteiger partial charge in [0.05, 0.1) is 29.3 Å². The number of aromatic amines is 1. The van der Waals surface area contributed by atoms with E-state index in [9.17, 15) is 8.78 Å². The van der Waals surface area contributed by atoms with E-state index >= 15 is 0 Å². The molecule has 1 N–H and O–H groups in total. The van der Waals surface area contributed by atoms with Crippen LogP contribution in [0.3, 0.4) is 0 Å². The molecule has 0 aliphatic heterocycles. The summed E-state index contributed by atoms with van der Waals surface area (Å²) in [5.74, 6) is 0. The summed E-state index contributed by atoms with van der Waals surface area (Å²) >= 11 is 5.08. The van der Waals surface area contributed by atoms with Gasteiger partial charge in [0.1, 0.15) is 0 Å². The zero-order valence-electron chi connectivity index (χ0n) is 9.23. The summed E-state index contributed by atoms with van der Waals surface area (Å²) in [5.41, 5.74) is 2.13. The molecule has 2 aromatic heterocycles. The van der Waals surface area contributed by atoms with E-state index < -0.39 is 13.0 Å². The first-order chi connectivity index (χ1) is 8.66. The fourth-order valence-corrected chi connectivity index (χ4v) is 2.38. The van der Waals surface area contributed by atoms with Crippen LogP contribution in [0.4, 0.5) is 8.78 Å². The number of hydrogen-bond donors (Lipinski definition) is 1. The zero-order valence-corrected chi connectivity index (χ0v) is 10.0. The van der Waals surface area contributed by atoms with Crippen LogP contribution in [0.25, 0.3) is 21.9 Å². The molecule has 18 heavy (non-hydrogen) atoms. The van der Waals surface area contributed by atoms with E-state index in [0.29, 0.717) is 15.8 Å². The molecule has 3 aromatic rings. The number of H-pyrrole nitrogens is 1. The van der Waals surface area contributed by atoms with Crippen LogP contribution in [0.5, 0.6) is 0 Å². The molecule has 3 nitrogen and oxygen atoms in total. The highest BCUT2D eigenvalue weighted by Gasteiger charge is 2.12. The number of rotatable bonds is 2. The van der Waals surface area contributed by atoms with Crippen LogP contribution >= 0.6 is 12.2 Å². The second-order valence-electron chi connectivity index (χ2n) is 3.97. The number of para-hydroxylation sites is 1. The first-order valence-corrected chi connectivity index (χ1v) is 5.82. The van der Waals surface area contributed by atoms with Gasteiger partial charge in [-0.25, -0.2) is 8.78 Å². The first-order valence-electron chi connectivity index (χ1n) is 5.41. The zero-order chi connectivity index (χ0) is 12.7. The summed E-state index contributed by atoms with van der Waals surface area (Å²) in [4.78, 5) is 7.17. The summed E-state index contributed by atoms with van der Waals surface area (Å²) in [7, 11) is 0. The Bertz CT molecular complexity index is 776. The fourth-order valence-electron chi connectivity index (χ4n) is 2.11. The number of aromatic nitrogens is 3. The van der Waals surface area contributed by atoms with Gasteiger partial charge in [-0.3, -0.25) is 4.98 Å². The minimum atomic E-state index is -2.44. The summed E-state index contributed by atoms with van der Waals surface area (Å²) in [6.07, 6.45) is -0.822. The van der Waals surface area contributed by atoms with Crippen molar-refractivity contribution in [2.75, 3.05) is 0 Å². The van der Waals surface area contributed by atoms with Crippen molar-refractivity contribution < 1.29 is 8.78 Å². The lowest BCUT2D eigenvalue weighted by atomic mass is 10.2. The fraction of sp³-hybridized carbons (Fsp3) is 0.167. The molecule has 0 saturated carbocycles. The monoisotopic (exact) mass is 265 g/mol. The molecule has 2 heterocycles. The number of benzene rings is 1. The number of nitrogens with one attached hydrogen (secondary N) is 1. The van der Waals surface area contributed by atoms with E-state index in [1.165, 1.54) is 4.57 Å². The molecule has 0 unspecified atom stereocenters. The van der Waals surface area contributed by atoms with Gasteiger partial charge in [-0.1, -0.05) is 18.2 Å². The molecule has 1 aromatic carbocycles. The number of pyridine rings is 1. The van der Waals surface area contributed by atoms with Gasteiger partial charge in [0.25, 0.3) is 6.43 Å². The van der Waals surface area contributed by atoms with Crippen molar-refractivity contribution in [3.05, 3.63) is 35.2 Å². The number of hydrogen-bond acceptors (Lipinski definition) is 2. The molecular formula is C12H9F2N3S. The van der Waals surface area contributed by atoms with Gasteiger partial charge in [-0.15, -0.1) is 0 Å². The molecule has 0 fully saturated rings. The minimum absolute atomic E-state index is 0.295. The first kappa shape index (κ1) is 11.3. The highest BCUT2D eigenvalue weighted by molar-refractivity contribution is 7.71. The normalized spacial score (nSPS) is 11.7. The molecule has 6 heteroatoms. The Balaban J connectivity index is 2.43. The summed E-state index contributed by atoms with van der Waals surface area (Å²) < 4.78 is 26.9. The maximum Gasteiger partial charge on any atom is 0.256 e. The SMILES string of the molecule is FC(F)Cn1c(=S)[nH]c2cnc3ccccc3c21. The molecule has 0 atom stereocenters. The molecule has 0 saturated heterocycles. The van der Waals surface area contributed by atoms with Crippen LogP contribution < -0.4 is 0 Å². The smallest absolute Gasteiger partial charge is 0.256 e. The Kier molecular flexibility index (Phi) is 2.59. The maximum atomic E-state index is 12.6. The van der Waals surface area contributed by atoms with Crippen LogP contribution in [-0.2, 0) is 6.54 Å². The molecule has 0 aliphatic carbocycles. The summed E-state index contributed by atoms with van der Waals surface area (Å²) in [6.45, 7) is -0.410. The number of fused-ring (bicyclic) bond motifs is 3. The van der Waals surface area contributed by atoms with Crippen LogP contribution in [0, 0.1) is 4.77 Å². The Morgan fingerprint density at radius 2 is 2.11 bits per heavy atom. The second kappa shape index (κ2) is 4.13. The Morgan fingerprint density at radius 3 is 2.89 bits per heavy atom. The molecule has 3 rings (SSSR count). The predicted octanol–water partition coefficient (Wildman–Crippen LogP) is 3.51. The van der Waals surface area contributed by atoms with E-state index in [-0.39, 0.29) is 0 Å². The van der Waals surface area contributed by atoms with Gasteiger partial charge in [-0.05, 0) is 18.3 Å². The Labute approximate surface area is 106 Å². The third-order valence-corrected chi connectivity index (χ3v) is 3.15. The number of imidazole rings is 1. The van der Waals surface area contributed by atoms with Gasteiger partial charge < -0.3 is 9.55 Å². The standard InChI is InChI=1S/C12H9F2N3S/c13-10(14)6-17-11-7-3-1-2-4-8(7)15-5-9(11)16-12(17)18/h1-5,10H,6H2,(H,16,18). The summed E-state index contributed by atoms with van der Waals surface area (Å²) in [6, 6.07) is 7.42. The largest absolute Gasteiger partial charge is 0.329 e. The van der Waals surface area contributed by atoms with E-state index in [1.807, 2.05) is 24.3 Å². The molecule has 0 radical (unpaired) electrons. The van der Waals surface area contributed by atoms with Crippen molar-refractivity contribution in [1.29, 1.82) is 0 Å². The maximum absolute atomic E-state index is 12.6. The predicted molar refractivity (Wildman–Crippen MR) is 68.4 cm³/mol. The van der Waals surface area contributed by atoms with Gasteiger partial charge in [0.15, 0.2) is 4.77 Å². The van der Waals surface area contributed by atoms with Crippen molar-refractivity contribution in [2.24, 2.45) is 0 Å². The Hall–Kier alpha value is -1.82. The third kappa shape index (κ3) is 1.69. The lowest BCUT2D eigenvalue weighted by Crippen LogP contribution is -2.06. The van der Waals surface area contributed by atoms with Crippen LogP contribution in [0.15, 0.2) is 30.5 Å². The van der Waals surface area contributed by atoms with Gasteiger partial charge >= 0.3 is 0 Å². The van der Waals surface area contributed by atoms with Gasteiger partial charge in [0, 0.05) is 5.39 Å². The highest BCUT2D eigenvalue weighted by atomic mass is 32.1. The van der Waals surface area contributed by atoms with Crippen molar-refractivity contribution in [2.45, 2.75) is 13.0 Å². The summed E-state index contributed by atoms with van der Waals surface area (Å²) in [5, 5.41) is 0.822. The topological polar surface area (TPSA) is 33.6 Å². The van der Waals surface area contributed by atoms with Gasteiger partial charge in [-0.2, -0.15) is 0 Å². The molecule has 0 spiro atoms. The van der Waals surface area contributed by atoms with Crippen molar-refractivity contribution in [3.8, 4) is 0 Å². The van der Waals surface area contributed by atoms with E-state index in [0.717, 1.165) is 10.9 Å².